The highest BCUT2D eigenvalue weighted by Gasteiger charge is 2.24. The SMILES string of the molecule is CCn1c(SCc2cc(F)ccc2Br)nnc1-c1c2c(nc3ccccc13)CCC2. The van der Waals surface area contributed by atoms with Crippen LogP contribution in [0.5, 0.6) is 0 Å². The Labute approximate surface area is 187 Å². The number of thioether (sulfide) groups is 1. The first-order valence-corrected chi connectivity index (χ1v) is 11.8. The minimum Gasteiger partial charge on any atom is -0.302 e. The fraction of sp³-hybridized carbons (Fsp3) is 0.261. The van der Waals surface area contributed by atoms with Crippen LogP contribution in [0.1, 0.15) is 30.2 Å². The number of hydrogen-bond donors (Lipinski definition) is 0. The van der Waals surface area contributed by atoms with Gasteiger partial charge >= 0.3 is 0 Å². The Bertz CT molecular complexity index is 1250. The monoisotopic (exact) mass is 482 g/mol. The number of rotatable bonds is 5. The number of fused-ring (bicyclic) bond motifs is 2. The number of hydrogen-bond acceptors (Lipinski definition) is 4. The first kappa shape index (κ1) is 19.7. The predicted molar refractivity (Wildman–Crippen MR) is 122 cm³/mol. The molecule has 1 aliphatic rings. The summed E-state index contributed by atoms with van der Waals surface area (Å²) in [7, 11) is 0. The van der Waals surface area contributed by atoms with E-state index in [-0.39, 0.29) is 5.82 Å². The molecule has 0 saturated heterocycles. The van der Waals surface area contributed by atoms with E-state index < -0.39 is 0 Å². The van der Waals surface area contributed by atoms with Crippen molar-refractivity contribution in [2.24, 2.45) is 0 Å². The van der Waals surface area contributed by atoms with Gasteiger partial charge in [-0.05, 0) is 61.6 Å². The lowest BCUT2D eigenvalue weighted by Crippen LogP contribution is -2.03. The largest absolute Gasteiger partial charge is 0.302 e. The summed E-state index contributed by atoms with van der Waals surface area (Å²) in [6, 6.07) is 13.0. The van der Waals surface area contributed by atoms with Crippen LogP contribution in [0.15, 0.2) is 52.1 Å². The molecule has 5 rings (SSSR count). The molecule has 0 fully saturated rings. The van der Waals surface area contributed by atoms with Gasteiger partial charge in [0.2, 0.25) is 0 Å². The molecule has 0 radical (unpaired) electrons. The molecular formula is C23H20BrFN4S. The van der Waals surface area contributed by atoms with Gasteiger partial charge in [-0.3, -0.25) is 4.98 Å². The van der Waals surface area contributed by atoms with Crippen molar-refractivity contribution in [2.75, 3.05) is 0 Å². The second-order valence-corrected chi connectivity index (χ2v) is 9.15. The minimum atomic E-state index is -0.231. The van der Waals surface area contributed by atoms with E-state index in [0.717, 1.165) is 57.7 Å². The number of benzene rings is 2. The molecule has 4 aromatic rings. The normalized spacial score (nSPS) is 13.2. The Kier molecular flexibility index (Phi) is 5.33. The Morgan fingerprint density at radius 1 is 1.13 bits per heavy atom. The highest BCUT2D eigenvalue weighted by atomic mass is 79.9. The molecule has 0 unspecified atom stereocenters. The molecule has 2 heterocycles. The summed E-state index contributed by atoms with van der Waals surface area (Å²) in [6.45, 7) is 2.87. The summed E-state index contributed by atoms with van der Waals surface area (Å²) < 4.78 is 16.7. The predicted octanol–water partition coefficient (Wildman–Crippen LogP) is 6.20. The summed E-state index contributed by atoms with van der Waals surface area (Å²) in [5, 5.41) is 11.1. The first-order valence-electron chi connectivity index (χ1n) is 10.1. The van der Waals surface area contributed by atoms with E-state index >= 15 is 0 Å². The Morgan fingerprint density at radius 3 is 2.87 bits per heavy atom. The second kappa shape index (κ2) is 8.12. The van der Waals surface area contributed by atoms with Crippen LogP contribution in [-0.4, -0.2) is 19.7 Å². The number of aryl methyl sites for hydroxylation is 1. The van der Waals surface area contributed by atoms with E-state index in [1.807, 2.05) is 6.07 Å². The van der Waals surface area contributed by atoms with Crippen LogP contribution < -0.4 is 0 Å². The minimum absolute atomic E-state index is 0.231. The van der Waals surface area contributed by atoms with E-state index in [1.165, 1.54) is 22.9 Å². The Balaban J connectivity index is 1.57. The van der Waals surface area contributed by atoms with Gasteiger partial charge in [-0.25, -0.2) is 4.39 Å². The number of aromatic nitrogens is 4. The summed E-state index contributed by atoms with van der Waals surface area (Å²) in [6.07, 6.45) is 3.17. The summed E-state index contributed by atoms with van der Waals surface area (Å²) in [5.74, 6) is 1.28. The van der Waals surface area contributed by atoms with Crippen molar-refractivity contribution >= 4 is 38.6 Å². The van der Waals surface area contributed by atoms with Crippen LogP contribution in [0, 0.1) is 5.82 Å². The molecule has 2 aromatic carbocycles. The highest BCUT2D eigenvalue weighted by molar-refractivity contribution is 9.10. The average Bonchev–Trinajstić information content (AvgIpc) is 3.39. The van der Waals surface area contributed by atoms with Gasteiger partial charge in [0, 0.05) is 33.4 Å². The van der Waals surface area contributed by atoms with Crippen molar-refractivity contribution in [2.45, 2.75) is 43.6 Å². The molecule has 0 aliphatic heterocycles. The van der Waals surface area contributed by atoms with Crippen molar-refractivity contribution in [3.05, 3.63) is 69.6 Å². The quantitative estimate of drug-likeness (QED) is 0.317. The third-order valence-corrected chi connectivity index (χ3v) is 7.33. The van der Waals surface area contributed by atoms with Crippen LogP contribution >= 0.6 is 27.7 Å². The van der Waals surface area contributed by atoms with Crippen molar-refractivity contribution in [1.82, 2.24) is 19.7 Å². The Hall–Kier alpha value is -2.25. The van der Waals surface area contributed by atoms with Gasteiger partial charge in [0.25, 0.3) is 0 Å². The molecule has 152 valence electrons. The van der Waals surface area contributed by atoms with Gasteiger partial charge < -0.3 is 4.57 Å². The fourth-order valence-electron chi connectivity index (χ4n) is 4.13. The van der Waals surface area contributed by atoms with Crippen LogP contribution in [0.2, 0.25) is 0 Å². The zero-order valence-corrected chi connectivity index (χ0v) is 18.9. The van der Waals surface area contributed by atoms with Gasteiger partial charge in [0.15, 0.2) is 11.0 Å². The molecule has 0 amide bonds. The molecule has 1 aliphatic carbocycles. The zero-order valence-electron chi connectivity index (χ0n) is 16.5. The van der Waals surface area contributed by atoms with Crippen molar-refractivity contribution in [3.8, 4) is 11.4 Å². The van der Waals surface area contributed by atoms with Gasteiger partial charge in [-0.1, -0.05) is 45.9 Å². The van der Waals surface area contributed by atoms with Gasteiger partial charge in [0.05, 0.1) is 5.52 Å². The van der Waals surface area contributed by atoms with Crippen molar-refractivity contribution in [1.29, 1.82) is 0 Å². The fourth-order valence-corrected chi connectivity index (χ4v) is 5.69. The Morgan fingerprint density at radius 2 is 2.00 bits per heavy atom. The van der Waals surface area contributed by atoms with Crippen LogP contribution in [0.3, 0.4) is 0 Å². The lowest BCUT2D eigenvalue weighted by Gasteiger charge is -2.14. The van der Waals surface area contributed by atoms with E-state index in [9.17, 15) is 4.39 Å². The maximum atomic E-state index is 13.7. The van der Waals surface area contributed by atoms with Crippen LogP contribution in [0.25, 0.3) is 22.3 Å². The number of para-hydroxylation sites is 1. The van der Waals surface area contributed by atoms with Gasteiger partial charge in [-0.15, -0.1) is 10.2 Å². The molecule has 7 heteroatoms. The molecular weight excluding hydrogens is 463 g/mol. The number of halogens is 2. The molecule has 0 bridgehead atoms. The van der Waals surface area contributed by atoms with Crippen LogP contribution in [0.4, 0.5) is 4.39 Å². The standard InChI is InChI=1S/C23H20BrFN4S/c1-2-29-22(27-28-23(29)30-13-14-12-15(25)10-11-18(14)24)21-16-6-3-4-8-19(16)26-20-9-5-7-17(20)21/h3-4,6,8,10-12H,2,5,7,9,13H2,1H3. The van der Waals surface area contributed by atoms with E-state index in [2.05, 4.69) is 55.8 Å². The third kappa shape index (κ3) is 3.44. The first-order chi connectivity index (χ1) is 14.7. The van der Waals surface area contributed by atoms with Gasteiger partial charge in [0.1, 0.15) is 5.82 Å². The number of pyridine rings is 1. The second-order valence-electron chi connectivity index (χ2n) is 7.36. The summed E-state index contributed by atoms with van der Waals surface area (Å²) >= 11 is 5.09. The molecule has 2 aromatic heterocycles. The van der Waals surface area contributed by atoms with Crippen LogP contribution in [-0.2, 0) is 25.1 Å². The zero-order chi connectivity index (χ0) is 20.7. The lowest BCUT2D eigenvalue weighted by atomic mass is 10.0. The molecule has 0 saturated carbocycles. The molecule has 0 spiro atoms. The lowest BCUT2D eigenvalue weighted by molar-refractivity contribution is 0.626. The van der Waals surface area contributed by atoms with E-state index in [0.29, 0.717) is 5.75 Å². The summed E-state index contributed by atoms with van der Waals surface area (Å²) in [4.78, 5) is 4.89. The average molecular weight is 483 g/mol. The molecule has 0 N–H and O–H groups in total. The van der Waals surface area contributed by atoms with Crippen molar-refractivity contribution in [3.63, 3.8) is 0 Å². The maximum Gasteiger partial charge on any atom is 0.191 e. The third-order valence-electron chi connectivity index (χ3n) is 5.54. The molecule has 30 heavy (non-hydrogen) atoms. The highest BCUT2D eigenvalue weighted by Crippen LogP contribution is 2.38. The van der Waals surface area contributed by atoms with E-state index in [1.54, 1.807) is 23.9 Å². The summed E-state index contributed by atoms with van der Waals surface area (Å²) in [5.41, 5.74) is 5.58. The number of nitrogens with zero attached hydrogens (tertiary/aromatic N) is 4. The van der Waals surface area contributed by atoms with Crippen molar-refractivity contribution < 1.29 is 4.39 Å². The molecule has 4 nitrogen and oxygen atoms in total. The topological polar surface area (TPSA) is 43.6 Å². The van der Waals surface area contributed by atoms with E-state index in [4.69, 9.17) is 4.98 Å². The van der Waals surface area contributed by atoms with Gasteiger partial charge in [-0.2, -0.15) is 0 Å². The maximum absolute atomic E-state index is 13.7. The molecule has 0 atom stereocenters. The smallest absolute Gasteiger partial charge is 0.191 e.